The first-order chi connectivity index (χ1) is 9.69. The smallest absolute Gasteiger partial charge is 0.236 e. The summed E-state index contributed by atoms with van der Waals surface area (Å²) in [6.45, 7) is 6.93. The number of piperazine rings is 1. The number of carbonyl (C=O) groups is 1. The molecule has 0 aromatic heterocycles. The number of carbonyl (C=O) groups excluding carboxylic acids is 1. The fourth-order valence-electron chi connectivity index (χ4n) is 2.78. The van der Waals surface area contributed by atoms with Crippen LogP contribution in [0.4, 0.5) is 0 Å². The van der Waals surface area contributed by atoms with Crippen molar-refractivity contribution in [1.29, 1.82) is 0 Å². The molecule has 1 amide bonds. The molecule has 6 heteroatoms. The summed E-state index contributed by atoms with van der Waals surface area (Å²) in [4.78, 5) is 18.8. The Balaban J connectivity index is 1.66. The van der Waals surface area contributed by atoms with Crippen LogP contribution in [-0.2, 0) is 9.53 Å². The highest BCUT2D eigenvalue weighted by atomic mass is 35.5. The van der Waals surface area contributed by atoms with E-state index in [4.69, 9.17) is 16.3 Å². The average molecular weight is 304 g/mol. The number of ether oxygens (including phenoxy) is 1. The van der Waals surface area contributed by atoms with E-state index in [0.717, 1.165) is 52.1 Å². The van der Waals surface area contributed by atoms with Crippen molar-refractivity contribution in [3.8, 4) is 0 Å². The molecule has 5 nitrogen and oxygen atoms in total. The van der Waals surface area contributed by atoms with E-state index in [1.807, 2.05) is 4.90 Å². The van der Waals surface area contributed by atoms with E-state index in [-0.39, 0.29) is 12.0 Å². The van der Waals surface area contributed by atoms with Crippen molar-refractivity contribution in [2.45, 2.75) is 18.9 Å². The lowest BCUT2D eigenvalue weighted by atomic mass is 10.1. The maximum absolute atomic E-state index is 12.3. The van der Waals surface area contributed by atoms with Gasteiger partial charge in [-0.05, 0) is 19.9 Å². The molecule has 2 saturated heterocycles. The van der Waals surface area contributed by atoms with Gasteiger partial charge in [-0.15, -0.1) is 11.6 Å². The van der Waals surface area contributed by atoms with Gasteiger partial charge in [-0.2, -0.15) is 0 Å². The molecule has 2 heterocycles. The summed E-state index contributed by atoms with van der Waals surface area (Å²) >= 11 is 5.62. The molecule has 0 saturated carbocycles. The van der Waals surface area contributed by atoms with Crippen molar-refractivity contribution in [1.82, 2.24) is 14.7 Å². The summed E-state index contributed by atoms with van der Waals surface area (Å²) < 4.78 is 5.64. The van der Waals surface area contributed by atoms with Crippen molar-refractivity contribution in [3.05, 3.63) is 0 Å². The standard InChI is InChI=1S/C14H26ClN3O2/c1-16-7-9-17(10-8-16)12-14(19)18-5-2-13(3-6-18)20-11-4-15/h13H,2-12H2,1H3. The monoisotopic (exact) mass is 303 g/mol. The maximum Gasteiger partial charge on any atom is 0.236 e. The van der Waals surface area contributed by atoms with Crippen LogP contribution in [0.2, 0.25) is 0 Å². The van der Waals surface area contributed by atoms with Gasteiger partial charge in [-0.1, -0.05) is 0 Å². The molecule has 20 heavy (non-hydrogen) atoms. The van der Waals surface area contributed by atoms with Gasteiger partial charge in [0.05, 0.1) is 19.3 Å². The Morgan fingerprint density at radius 2 is 1.80 bits per heavy atom. The van der Waals surface area contributed by atoms with Crippen LogP contribution < -0.4 is 0 Å². The number of likely N-dealkylation sites (N-methyl/N-ethyl adjacent to an activating group) is 1. The number of likely N-dealkylation sites (tertiary alicyclic amines) is 1. The molecule has 0 aromatic rings. The van der Waals surface area contributed by atoms with Crippen LogP contribution in [0, 0.1) is 0 Å². The molecule has 2 aliphatic rings. The number of piperidine rings is 1. The molecule has 0 spiro atoms. The van der Waals surface area contributed by atoms with Crippen LogP contribution in [0.15, 0.2) is 0 Å². The number of amides is 1. The van der Waals surface area contributed by atoms with E-state index in [1.54, 1.807) is 0 Å². The number of nitrogens with zero attached hydrogens (tertiary/aromatic N) is 3. The van der Waals surface area contributed by atoms with Gasteiger partial charge >= 0.3 is 0 Å². The molecule has 0 N–H and O–H groups in total. The van der Waals surface area contributed by atoms with E-state index in [2.05, 4.69) is 16.8 Å². The van der Waals surface area contributed by atoms with Gasteiger partial charge in [0.2, 0.25) is 5.91 Å². The Labute approximate surface area is 126 Å². The molecular formula is C14H26ClN3O2. The van der Waals surface area contributed by atoms with Gasteiger partial charge in [0.15, 0.2) is 0 Å². The van der Waals surface area contributed by atoms with Gasteiger partial charge in [-0.3, -0.25) is 9.69 Å². The maximum atomic E-state index is 12.3. The van der Waals surface area contributed by atoms with E-state index in [1.165, 1.54) is 0 Å². The van der Waals surface area contributed by atoms with Crippen LogP contribution in [0.3, 0.4) is 0 Å². The van der Waals surface area contributed by atoms with E-state index < -0.39 is 0 Å². The third-order valence-electron chi connectivity index (χ3n) is 4.18. The first-order valence-corrected chi connectivity index (χ1v) is 8.08. The molecule has 0 bridgehead atoms. The topological polar surface area (TPSA) is 36.0 Å². The lowest BCUT2D eigenvalue weighted by Gasteiger charge is -2.36. The molecule has 2 aliphatic heterocycles. The number of hydrogen-bond donors (Lipinski definition) is 0. The quantitative estimate of drug-likeness (QED) is 0.692. The van der Waals surface area contributed by atoms with Crippen molar-refractivity contribution < 1.29 is 9.53 Å². The second-order valence-electron chi connectivity index (χ2n) is 5.72. The van der Waals surface area contributed by atoms with Crippen LogP contribution in [-0.4, -0.2) is 92.1 Å². The highest BCUT2D eigenvalue weighted by Gasteiger charge is 2.25. The normalized spacial score (nSPS) is 23.2. The summed E-state index contributed by atoms with van der Waals surface area (Å²) in [6, 6.07) is 0. The Morgan fingerprint density at radius 3 is 2.40 bits per heavy atom. The van der Waals surface area contributed by atoms with Gasteiger partial charge in [0.1, 0.15) is 0 Å². The summed E-state index contributed by atoms with van der Waals surface area (Å²) in [5.74, 6) is 0.813. The molecule has 0 atom stereocenters. The number of halogens is 1. The zero-order valence-electron chi connectivity index (χ0n) is 12.4. The first kappa shape index (κ1) is 16.0. The lowest BCUT2D eigenvalue weighted by molar-refractivity contribution is -0.135. The number of hydrogen-bond acceptors (Lipinski definition) is 4. The van der Waals surface area contributed by atoms with E-state index in [9.17, 15) is 4.79 Å². The summed E-state index contributed by atoms with van der Waals surface area (Å²) in [7, 11) is 2.13. The molecule has 2 fully saturated rings. The fourth-order valence-corrected chi connectivity index (χ4v) is 2.87. The van der Waals surface area contributed by atoms with Crippen molar-refractivity contribution in [3.63, 3.8) is 0 Å². The van der Waals surface area contributed by atoms with Crippen LogP contribution in [0.25, 0.3) is 0 Å². The Kier molecular flexibility index (Phi) is 6.55. The van der Waals surface area contributed by atoms with Gasteiger partial charge in [-0.25, -0.2) is 0 Å². The van der Waals surface area contributed by atoms with Gasteiger partial charge in [0, 0.05) is 45.1 Å². The van der Waals surface area contributed by atoms with Gasteiger partial charge < -0.3 is 14.5 Å². The van der Waals surface area contributed by atoms with Crippen LogP contribution in [0.5, 0.6) is 0 Å². The molecule has 116 valence electrons. The van der Waals surface area contributed by atoms with Gasteiger partial charge in [0.25, 0.3) is 0 Å². The number of alkyl halides is 1. The van der Waals surface area contributed by atoms with Crippen molar-refractivity contribution in [2.24, 2.45) is 0 Å². The minimum Gasteiger partial charge on any atom is -0.377 e. The number of rotatable bonds is 5. The van der Waals surface area contributed by atoms with E-state index >= 15 is 0 Å². The first-order valence-electron chi connectivity index (χ1n) is 7.55. The molecule has 2 rings (SSSR count). The van der Waals surface area contributed by atoms with Crippen LogP contribution in [0.1, 0.15) is 12.8 Å². The molecule has 0 unspecified atom stereocenters. The predicted octanol–water partition coefficient (Wildman–Crippen LogP) is 0.480. The lowest BCUT2D eigenvalue weighted by Crippen LogP contribution is -2.50. The fraction of sp³-hybridized carbons (Fsp3) is 0.929. The van der Waals surface area contributed by atoms with Crippen molar-refractivity contribution >= 4 is 17.5 Å². The van der Waals surface area contributed by atoms with Crippen LogP contribution >= 0.6 is 11.6 Å². The summed E-state index contributed by atoms with van der Waals surface area (Å²) in [6.07, 6.45) is 2.15. The predicted molar refractivity (Wildman–Crippen MR) is 80.2 cm³/mol. The zero-order valence-corrected chi connectivity index (χ0v) is 13.1. The highest BCUT2D eigenvalue weighted by molar-refractivity contribution is 6.17. The molecule has 0 radical (unpaired) electrons. The molecular weight excluding hydrogens is 278 g/mol. The summed E-state index contributed by atoms with van der Waals surface area (Å²) in [5.41, 5.74) is 0. The minimum absolute atomic E-state index is 0.269. The second kappa shape index (κ2) is 8.17. The Bertz CT molecular complexity index is 301. The third-order valence-corrected chi connectivity index (χ3v) is 4.33. The highest BCUT2D eigenvalue weighted by Crippen LogP contribution is 2.14. The van der Waals surface area contributed by atoms with E-state index in [0.29, 0.717) is 19.0 Å². The molecule has 0 aromatic carbocycles. The zero-order chi connectivity index (χ0) is 14.4. The largest absolute Gasteiger partial charge is 0.377 e. The second-order valence-corrected chi connectivity index (χ2v) is 6.10. The van der Waals surface area contributed by atoms with Crippen molar-refractivity contribution in [2.75, 3.05) is 65.3 Å². The third kappa shape index (κ3) is 4.88. The Hall–Kier alpha value is -0.360. The Morgan fingerprint density at radius 1 is 1.15 bits per heavy atom. The SMILES string of the molecule is CN1CCN(CC(=O)N2CCC(OCCCl)CC2)CC1. The average Bonchev–Trinajstić information content (AvgIpc) is 2.48. The molecule has 0 aliphatic carbocycles. The summed E-state index contributed by atoms with van der Waals surface area (Å²) in [5, 5.41) is 0. The minimum atomic E-state index is 0.269.